The Balaban J connectivity index is 0.000000181. The minimum Gasteiger partial charge on any atom is -0.478 e. The molecule has 4 aromatic carbocycles. The number of benzene rings is 4. The van der Waals surface area contributed by atoms with Crippen molar-refractivity contribution < 1.29 is 39.6 Å². The van der Waals surface area contributed by atoms with Crippen LogP contribution in [0.4, 0.5) is 0 Å². The van der Waals surface area contributed by atoms with E-state index < -0.39 is 23.9 Å². The minimum atomic E-state index is -1.13. The van der Waals surface area contributed by atoms with E-state index in [1.807, 2.05) is 0 Å². The Morgan fingerprint density at radius 3 is 1.22 bits per heavy atom. The van der Waals surface area contributed by atoms with Crippen molar-refractivity contribution in [3.05, 3.63) is 95.1 Å². The van der Waals surface area contributed by atoms with Crippen molar-refractivity contribution in [1.82, 2.24) is 0 Å². The van der Waals surface area contributed by atoms with Crippen molar-refractivity contribution in [2.75, 3.05) is 0 Å². The van der Waals surface area contributed by atoms with Gasteiger partial charge >= 0.3 is 23.9 Å². The summed E-state index contributed by atoms with van der Waals surface area (Å²) in [5, 5.41) is 37.9. The first-order valence-electron chi connectivity index (χ1n) is 9.18. The Morgan fingerprint density at radius 2 is 0.875 bits per heavy atom. The summed E-state index contributed by atoms with van der Waals surface area (Å²) in [4.78, 5) is 43.4. The zero-order valence-electron chi connectivity index (χ0n) is 16.4. The van der Waals surface area contributed by atoms with Crippen LogP contribution in [0.25, 0.3) is 21.5 Å². The van der Waals surface area contributed by atoms with Crippen LogP contribution in [0.2, 0.25) is 0 Å². The second-order valence-corrected chi connectivity index (χ2v) is 6.71. The summed E-state index contributed by atoms with van der Waals surface area (Å²) < 4.78 is 0. The summed E-state index contributed by atoms with van der Waals surface area (Å²) in [5.74, 6) is -4.24. The van der Waals surface area contributed by atoms with Crippen LogP contribution >= 0.6 is 0 Å². The van der Waals surface area contributed by atoms with Crippen molar-refractivity contribution in [1.29, 1.82) is 0 Å². The molecule has 0 aromatic heterocycles. The predicted molar refractivity (Wildman–Crippen MR) is 116 cm³/mol. The highest BCUT2D eigenvalue weighted by molar-refractivity contribution is 6.12. The third kappa shape index (κ3) is 4.54. The number of hydrogen-bond donors (Lipinski definition) is 4. The maximum absolute atomic E-state index is 11.0. The molecule has 0 saturated heterocycles. The topological polar surface area (TPSA) is 149 Å². The summed E-state index contributed by atoms with van der Waals surface area (Å²) in [5.41, 5.74) is 0.400. The van der Waals surface area contributed by atoms with Crippen molar-refractivity contribution in [3.63, 3.8) is 0 Å². The van der Waals surface area contributed by atoms with Crippen LogP contribution < -0.4 is 0 Å². The van der Waals surface area contributed by atoms with Gasteiger partial charge in [0.25, 0.3) is 0 Å². The summed E-state index contributed by atoms with van der Waals surface area (Å²) in [6, 6.07) is 18.5. The van der Waals surface area contributed by atoms with Gasteiger partial charge in [-0.05, 0) is 52.6 Å². The van der Waals surface area contributed by atoms with Crippen LogP contribution in [-0.2, 0) is 0 Å². The molecule has 4 aromatic rings. The smallest absolute Gasteiger partial charge is 0.336 e. The van der Waals surface area contributed by atoms with Gasteiger partial charge in [-0.2, -0.15) is 0 Å². The average molecular weight is 432 g/mol. The normalized spacial score (nSPS) is 10.2. The Kier molecular flexibility index (Phi) is 6.16. The molecule has 8 nitrogen and oxygen atoms in total. The molecule has 0 spiro atoms. The molecule has 0 aliphatic carbocycles. The van der Waals surface area contributed by atoms with Crippen molar-refractivity contribution in [2.24, 2.45) is 0 Å². The lowest BCUT2D eigenvalue weighted by Crippen LogP contribution is -2.03. The fourth-order valence-electron chi connectivity index (χ4n) is 3.21. The fourth-order valence-corrected chi connectivity index (χ4v) is 3.21. The van der Waals surface area contributed by atoms with Crippen molar-refractivity contribution in [3.8, 4) is 0 Å². The van der Waals surface area contributed by atoms with Crippen LogP contribution in [0, 0.1) is 0 Å². The maximum atomic E-state index is 11.0. The largest absolute Gasteiger partial charge is 0.478 e. The molecule has 8 heteroatoms. The van der Waals surface area contributed by atoms with E-state index >= 15 is 0 Å². The monoisotopic (exact) mass is 432 g/mol. The molecule has 0 radical (unpaired) electrons. The minimum absolute atomic E-state index is 0.00972. The summed E-state index contributed by atoms with van der Waals surface area (Å²) in [7, 11) is 0. The van der Waals surface area contributed by atoms with Crippen LogP contribution in [0.15, 0.2) is 72.8 Å². The summed E-state index contributed by atoms with van der Waals surface area (Å²) >= 11 is 0. The van der Waals surface area contributed by atoms with Crippen LogP contribution in [-0.4, -0.2) is 44.3 Å². The van der Waals surface area contributed by atoms with Gasteiger partial charge in [0.1, 0.15) is 0 Å². The number of carboxylic acids is 4. The number of carbonyl (C=O) groups is 4. The first kappa shape index (κ1) is 22.0. The van der Waals surface area contributed by atoms with Gasteiger partial charge in [0.05, 0.1) is 22.3 Å². The molecule has 0 atom stereocenters. The molecule has 32 heavy (non-hydrogen) atoms. The molecule has 0 aliphatic heterocycles. The maximum Gasteiger partial charge on any atom is 0.336 e. The Morgan fingerprint density at radius 1 is 0.469 bits per heavy atom. The second-order valence-electron chi connectivity index (χ2n) is 6.71. The SMILES string of the molecule is O=C(O)c1ccc2cc(C(=O)O)ccc2c1.O=C(O)c1cccc2cccc(C(=O)O)c12. The van der Waals surface area contributed by atoms with E-state index in [0.717, 1.165) is 0 Å². The highest BCUT2D eigenvalue weighted by Crippen LogP contribution is 2.23. The Bertz CT molecular complexity index is 1290. The van der Waals surface area contributed by atoms with Gasteiger partial charge in [0.15, 0.2) is 0 Å². The quantitative estimate of drug-likeness (QED) is 0.369. The Hall–Kier alpha value is -4.72. The van der Waals surface area contributed by atoms with Gasteiger partial charge in [-0.1, -0.05) is 36.4 Å². The molecule has 0 bridgehead atoms. The second kappa shape index (κ2) is 8.97. The predicted octanol–water partition coefficient (Wildman–Crippen LogP) is 4.47. The first-order valence-corrected chi connectivity index (χ1v) is 9.18. The molecule has 0 heterocycles. The van der Waals surface area contributed by atoms with E-state index in [0.29, 0.717) is 16.2 Å². The van der Waals surface area contributed by atoms with Gasteiger partial charge in [-0.15, -0.1) is 0 Å². The molecule has 0 unspecified atom stereocenters. The van der Waals surface area contributed by atoms with E-state index in [9.17, 15) is 19.2 Å². The summed E-state index contributed by atoms with van der Waals surface area (Å²) in [6.45, 7) is 0. The third-order valence-electron chi connectivity index (χ3n) is 4.70. The molecule has 0 saturated carbocycles. The molecular weight excluding hydrogens is 416 g/mol. The molecule has 4 N–H and O–H groups in total. The zero-order valence-corrected chi connectivity index (χ0v) is 16.4. The summed E-state index contributed by atoms with van der Waals surface area (Å²) in [6.07, 6.45) is 0. The van der Waals surface area contributed by atoms with Crippen LogP contribution in [0.5, 0.6) is 0 Å². The van der Waals surface area contributed by atoms with Crippen molar-refractivity contribution >= 4 is 45.4 Å². The molecule has 0 amide bonds. The van der Waals surface area contributed by atoms with E-state index in [1.165, 1.54) is 36.4 Å². The number of aromatic carboxylic acids is 4. The zero-order chi connectivity index (χ0) is 23.4. The molecule has 0 fully saturated rings. The van der Waals surface area contributed by atoms with Crippen molar-refractivity contribution in [2.45, 2.75) is 0 Å². The molecule has 4 rings (SSSR count). The van der Waals surface area contributed by atoms with Gasteiger partial charge in [0, 0.05) is 5.39 Å². The van der Waals surface area contributed by atoms with Gasteiger partial charge in [0.2, 0.25) is 0 Å². The lowest BCUT2D eigenvalue weighted by Gasteiger charge is -2.05. The number of carboxylic acid groups (broad SMARTS) is 4. The number of hydrogen-bond acceptors (Lipinski definition) is 4. The number of fused-ring (bicyclic) bond motifs is 2. The lowest BCUT2D eigenvalue weighted by molar-refractivity contribution is 0.0683. The van der Waals surface area contributed by atoms with Crippen LogP contribution in [0.3, 0.4) is 0 Å². The molecular formula is C24H16O8. The number of rotatable bonds is 4. The average Bonchev–Trinajstić information content (AvgIpc) is 2.77. The van der Waals surface area contributed by atoms with Crippen LogP contribution in [0.1, 0.15) is 41.4 Å². The lowest BCUT2D eigenvalue weighted by atomic mass is 9.99. The molecule has 160 valence electrons. The van der Waals surface area contributed by atoms with Gasteiger partial charge in [-0.25, -0.2) is 19.2 Å². The molecule has 0 aliphatic rings. The highest BCUT2D eigenvalue weighted by atomic mass is 16.4. The van der Waals surface area contributed by atoms with E-state index in [4.69, 9.17) is 20.4 Å². The van der Waals surface area contributed by atoms with Gasteiger partial charge < -0.3 is 20.4 Å². The van der Waals surface area contributed by atoms with Gasteiger partial charge in [-0.3, -0.25) is 0 Å². The Labute approximate surface area is 180 Å². The fraction of sp³-hybridized carbons (Fsp3) is 0. The first-order chi connectivity index (χ1) is 15.2. The third-order valence-corrected chi connectivity index (χ3v) is 4.70. The standard InChI is InChI=1S/2C12H8O4/c13-11(14)9-3-1-7-5-10(12(15)16)4-2-8(7)6-9;13-11(14)8-5-1-3-7-4-2-6-9(10(7)8)12(15)16/h2*1-6H,(H,13,14)(H,15,16). The highest BCUT2D eigenvalue weighted by Gasteiger charge is 2.15. The van der Waals surface area contributed by atoms with E-state index in [-0.39, 0.29) is 27.6 Å². The van der Waals surface area contributed by atoms with E-state index in [1.54, 1.807) is 36.4 Å². The van der Waals surface area contributed by atoms with E-state index in [2.05, 4.69) is 0 Å².